The molecule has 6 heteroatoms. The molecule has 134 valence electrons. The fourth-order valence-electron chi connectivity index (χ4n) is 2.22. The molecule has 0 radical (unpaired) electrons. The van der Waals surface area contributed by atoms with Crippen LogP contribution in [0, 0.1) is 0 Å². The highest BCUT2D eigenvalue weighted by molar-refractivity contribution is 6.02. The molecule has 0 aliphatic carbocycles. The normalized spacial score (nSPS) is 10.6. The van der Waals surface area contributed by atoms with E-state index in [4.69, 9.17) is 4.74 Å². The maximum atomic E-state index is 12.2. The van der Waals surface area contributed by atoms with Crippen molar-refractivity contribution in [1.29, 1.82) is 0 Å². The van der Waals surface area contributed by atoms with Crippen LogP contribution in [0.25, 0.3) is 0 Å². The van der Waals surface area contributed by atoms with Gasteiger partial charge in [0, 0.05) is 12.2 Å². The fraction of sp³-hybridized carbons (Fsp3) is 0.421. The standard InChI is InChI=1S/C19H26N4O2/c1-4-5-6-13-20-18-12-11-17(22-23-18)19(24)21-15-7-9-16(10-8-15)25-14(2)3/h7-12,14H,4-6,13H2,1-3H3,(H,20,23)(H,21,24). The van der Waals surface area contributed by atoms with Gasteiger partial charge in [-0.15, -0.1) is 10.2 Å². The van der Waals surface area contributed by atoms with Gasteiger partial charge in [-0.2, -0.15) is 0 Å². The third-order valence-corrected chi connectivity index (χ3v) is 3.47. The van der Waals surface area contributed by atoms with Gasteiger partial charge in [-0.25, -0.2) is 0 Å². The van der Waals surface area contributed by atoms with Crippen LogP contribution in [0.4, 0.5) is 11.5 Å². The average molecular weight is 342 g/mol. The molecule has 0 atom stereocenters. The lowest BCUT2D eigenvalue weighted by atomic mass is 10.2. The van der Waals surface area contributed by atoms with E-state index >= 15 is 0 Å². The van der Waals surface area contributed by atoms with Crippen LogP contribution in [0.5, 0.6) is 5.75 Å². The van der Waals surface area contributed by atoms with E-state index < -0.39 is 0 Å². The number of benzene rings is 1. The van der Waals surface area contributed by atoms with Crippen molar-refractivity contribution in [2.75, 3.05) is 17.2 Å². The van der Waals surface area contributed by atoms with E-state index in [9.17, 15) is 4.79 Å². The molecule has 0 aliphatic rings. The van der Waals surface area contributed by atoms with Gasteiger partial charge in [-0.3, -0.25) is 4.79 Å². The Hall–Kier alpha value is -2.63. The summed E-state index contributed by atoms with van der Waals surface area (Å²) in [7, 11) is 0. The predicted octanol–water partition coefficient (Wildman–Crippen LogP) is 4.12. The molecule has 2 N–H and O–H groups in total. The number of ether oxygens (including phenoxy) is 1. The lowest BCUT2D eigenvalue weighted by Crippen LogP contribution is -2.15. The minimum atomic E-state index is -0.289. The van der Waals surface area contributed by atoms with Crippen molar-refractivity contribution in [3.63, 3.8) is 0 Å². The Labute approximate surface area is 149 Å². The van der Waals surface area contributed by atoms with E-state index in [2.05, 4.69) is 27.8 Å². The Morgan fingerprint density at radius 1 is 1.08 bits per heavy atom. The summed E-state index contributed by atoms with van der Waals surface area (Å²) in [5.74, 6) is 1.16. The summed E-state index contributed by atoms with van der Waals surface area (Å²) >= 11 is 0. The number of anilines is 2. The molecule has 0 fully saturated rings. The third kappa shape index (κ3) is 6.41. The molecule has 0 saturated carbocycles. The van der Waals surface area contributed by atoms with Crippen LogP contribution >= 0.6 is 0 Å². The predicted molar refractivity (Wildman–Crippen MR) is 100 cm³/mol. The van der Waals surface area contributed by atoms with Gasteiger partial charge in [0.15, 0.2) is 5.69 Å². The zero-order valence-corrected chi connectivity index (χ0v) is 15.1. The molecule has 1 aromatic heterocycles. The lowest BCUT2D eigenvalue weighted by molar-refractivity contribution is 0.102. The van der Waals surface area contributed by atoms with Crippen LogP contribution in [0.1, 0.15) is 50.5 Å². The number of nitrogens with one attached hydrogen (secondary N) is 2. The first-order valence-corrected chi connectivity index (χ1v) is 8.74. The number of amides is 1. The van der Waals surface area contributed by atoms with Crippen molar-refractivity contribution in [3.8, 4) is 5.75 Å². The van der Waals surface area contributed by atoms with Crippen molar-refractivity contribution < 1.29 is 9.53 Å². The van der Waals surface area contributed by atoms with E-state index in [1.54, 1.807) is 24.3 Å². The SMILES string of the molecule is CCCCCNc1ccc(C(=O)Nc2ccc(OC(C)C)cc2)nn1. The van der Waals surface area contributed by atoms with Gasteiger partial charge in [0.2, 0.25) is 0 Å². The minimum Gasteiger partial charge on any atom is -0.491 e. The molecule has 0 spiro atoms. The summed E-state index contributed by atoms with van der Waals surface area (Å²) in [6.45, 7) is 6.96. The van der Waals surface area contributed by atoms with Crippen LogP contribution in [0.3, 0.4) is 0 Å². The van der Waals surface area contributed by atoms with Crippen molar-refractivity contribution in [3.05, 3.63) is 42.1 Å². The number of carbonyl (C=O) groups is 1. The Kier molecular flexibility index (Phi) is 7.19. The van der Waals surface area contributed by atoms with E-state index in [0.717, 1.165) is 18.7 Å². The summed E-state index contributed by atoms with van der Waals surface area (Å²) in [5.41, 5.74) is 0.964. The Morgan fingerprint density at radius 2 is 1.84 bits per heavy atom. The maximum Gasteiger partial charge on any atom is 0.276 e. The van der Waals surface area contributed by atoms with Crippen molar-refractivity contribution >= 4 is 17.4 Å². The Morgan fingerprint density at radius 3 is 2.44 bits per heavy atom. The van der Waals surface area contributed by atoms with Crippen LogP contribution in [0.15, 0.2) is 36.4 Å². The number of carbonyl (C=O) groups excluding carboxylic acids is 1. The first kappa shape index (κ1) is 18.7. The van der Waals surface area contributed by atoms with Crippen LogP contribution < -0.4 is 15.4 Å². The van der Waals surface area contributed by atoms with E-state index in [-0.39, 0.29) is 17.7 Å². The smallest absolute Gasteiger partial charge is 0.276 e. The summed E-state index contributed by atoms with van der Waals surface area (Å²) < 4.78 is 5.58. The third-order valence-electron chi connectivity index (χ3n) is 3.47. The number of hydrogen-bond acceptors (Lipinski definition) is 5. The molecule has 6 nitrogen and oxygen atoms in total. The summed E-state index contributed by atoms with van der Waals surface area (Å²) in [6.07, 6.45) is 3.57. The second-order valence-corrected chi connectivity index (χ2v) is 6.08. The Bertz CT molecular complexity index is 654. The van der Waals surface area contributed by atoms with Crippen molar-refractivity contribution in [2.24, 2.45) is 0 Å². The zero-order valence-electron chi connectivity index (χ0n) is 15.1. The molecular formula is C19H26N4O2. The van der Waals surface area contributed by atoms with Gasteiger partial charge in [0.25, 0.3) is 5.91 Å². The molecule has 2 aromatic rings. The molecule has 1 amide bonds. The summed E-state index contributed by atoms with van der Waals surface area (Å²) in [4.78, 5) is 12.2. The van der Waals surface area contributed by atoms with Gasteiger partial charge in [-0.1, -0.05) is 19.8 Å². The molecule has 1 heterocycles. The quantitative estimate of drug-likeness (QED) is 0.671. The highest BCUT2D eigenvalue weighted by Crippen LogP contribution is 2.17. The number of nitrogens with zero attached hydrogens (tertiary/aromatic N) is 2. The number of hydrogen-bond donors (Lipinski definition) is 2. The van der Waals surface area contributed by atoms with Crippen LogP contribution in [0.2, 0.25) is 0 Å². The molecule has 0 unspecified atom stereocenters. The fourth-order valence-corrected chi connectivity index (χ4v) is 2.22. The second-order valence-electron chi connectivity index (χ2n) is 6.08. The molecule has 1 aromatic carbocycles. The summed E-state index contributed by atoms with van der Waals surface area (Å²) in [6, 6.07) is 10.7. The zero-order chi connectivity index (χ0) is 18.1. The van der Waals surface area contributed by atoms with E-state index in [0.29, 0.717) is 11.5 Å². The van der Waals surface area contributed by atoms with Crippen LogP contribution in [-0.2, 0) is 0 Å². The second kappa shape index (κ2) is 9.61. The number of unbranched alkanes of at least 4 members (excludes halogenated alkanes) is 2. The largest absolute Gasteiger partial charge is 0.491 e. The van der Waals surface area contributed by atoms with Gasteiger partial charge in [0.05, 0.1) is 6.10 Å². The topological polar surface area (TPSA) is 76.1 Å². The number of rotatable bonds is 9. The first-order chi connectivity index (χ1) is 12.1. The average Bonchev–Trinajstić information content (AvgIpc) is 2.60. The van der Waals surface area contributed by atoms with Crippen molar-refractivity contribution in [2.45, 2.75) is 46.1 Å². The minimum absolute atomic E-state index is 0.116. The van der Waals surface area contributed by atoms with Gasteiger partial charge in [0.1, 0.15) is 11.6 Å². The molecular weight excluding hydrogens is 316 g/mol. The van der Waals surface area contributed by atoms with E-state index in [1.165, 1.54) is 12.8 Å². The first-order valence-electron chi connectivity index (χ1n) is 8.74. The van der Waals surface area contributed by atoms with Crippen LogP contribution in [-0.4, -0.2) is 28.8 Å². The van der Waals surface area contributed by atoms with Gasteiger partial charge < -0.3 is 15.4 Å². The van der Waals surface area contributed by atoms with Crippen molar-refractivity contribution in [1.82, 2.24) is 10.2 Å². The van der Waals surface area contributed by atoms with Gasteiger partial charge in [-0.05, 0) is 56.7 Å². The highest BCUT2D eigenvalue weighted by atomic mass is 16.5. The molecule has 0 saturated heterocycles. The lowest BCUT2D eigenvalue weighted by Gasteiger charge is -2.10. The van der Waals surface area contributed by atoms with Gasteiger partial charge >= 0.3 is 0 Å². The number of aromatic nitrogens is 2. The molecule has 0 aliphatic heterocycles. The monoisotopic (exact) mass is 342 g/mol. The molecule has 25 heavy (non-hydrogen) atoms. The highest BCUT2D eigenvalue weighted by Gasteiger charge is 2.09. The maximum absolute atomic E-state index is 12.2. The molecule has 0 bridgehead atoms. The molecule has 2 rings (SSSR count). The Balaban J connectivity index is 1.87. The van der Waals surface area contributed by atoms with E-state index in [1.807, 2.05) is 26.0 Å². The summed E-state index contributed by atoms with van der Waals surface area (Å²) in [5, 5.41) is 14.0.